The lowest BCUT2D eigenvalue weighted by Crippen LogP contribution is -2.23. The highest BCUT2D eigenvalue weighted by atomic mass is 32.1. The van der Waals surface area contributed by atoms with Gasteiger partial charge in [0.2, 0.25) is 0 Å². The number of hydrazine groups is 1. The van der Waals surface area contributed by atoms with Crippen molar-refractivity contribution in [3.8, 4) is 6.07 Å². The number of aryl methyl sites for hydroxylation is 1. The van der Waals surface area contributed by atoms with Gasteiger partial charge >= 0.3 is 0 Å². The third-order valence-corrected chi connectivity index (χ3v) is 3.92. The Balaban J connectivity index is 2.69. The summed E-state index contributed by atoms with van der Waals surface area (Å²) in [7, 11) is 0. The first kappa shape index (κ1) is 11.5. The van der Waals surface area contributed by atoms with E-state index in [9.17, 15) is 0 Å². The Morgan fingerprint density at radius 1 is 1.41 bits per heavy atom. The van der Waals surface area contributed by atoms with Crippen molar-refractivity contribution >= 4 is 27.1 Å². The van der Waals surface area contributed by atoms with Gasteiger partial charge in [-0.15, -0.1) is 11.3 Å². The van der Waals surface area contributed by atoms with Gasteiger partial charge in [0.1, 0.15) is 6.07 Å². The van der Waals surface area contributed by atoms with Gasteiger partial charge in [0.05, 0.1) is 10.6 Å². The first-order valence-corrected chi connectivity index (χ1v) is 5.85. The minimum atomic E-state index is 0.194. The number of nitrogens with one attached hydrogen (secondary N) is 1. The van der Waals surface area contributed by atoms with Gasteiger partial charge in [-0.3, -0.25) is 0 Å². The second-order valence-electron chi connectivity index (χ2n) is 3.60. The molecule has 86 valence electrons. The maximum atomic E-state index is 8.90. The lowest BCUT2D eigenvalue weighted by molar-refractivity contribution is 0.921. The summed E-state index contributed by atoms with van der Waals surface area (Å²) < 4.78 is 1.15. The molecule has 0 amide bonds. The van der Waals surface area contributed by atoms with E-state index in [1.165, 1.54) is 0 Å². The average molecular weight is 244 g/mol. The SMILES string of the molecule is Cc1c(/C(N)=C(\C#N)NN)sc2ccccc12. The van der Waals surface area contributed by atoms with Gasteiger partial charge in [-0.2, -0.15) is 5.26 Å². The Labute approximate surface area is 103 Å². The summed E-state index contributed by atoms with van der Waals surface area (Å²) in [6.07, 6.45) is 0. The number of thiophene rings is 1. The van der Waals surface area contributed by atoms with E-state index in [1.54, 1.807) is 11.3 Å². The number of benzene rings is 1. The number of allylic oxidation sites excluding steroid dienone is 1. The zero-order valence-corrected chi connectivity index (χ0v) is 10.1. The molecule has 0 atom stereocenters. The summed E-state index contributed by atoms with van der Waals surface area (Å²) in [5, 5.41) is 10.1. The van der Waals surface area contributed by atoms with E-state index in [2.05, 4.69) is 5.43 Å². The molecular weight excluding hydrogens is 232 g/mol. The van der Waals surface area contributed by atoms with E-state index >= 15 is 0 Å². The normalized spacial score (nSPS) is 12.1. The molecule has 4 nitrogen and oxygen atoms in total. The molecule has 0 saturated heterocycles. The van der Waals surface area contributed by atoms with Gasteiger partial charge in [-0.25, -0.2) is 5.84 Å². The highest BCUT2D eigenvalue weighted by Gasteiger charge is 2.13. The second-order valence-corrected chi connectivity index (χ2v) is 4.65. The van der Waals surface area contributed by atoms with E-state index in [4.69, 9.17) is 16.8 Å². The van der Waals surface area contributed by atoms with Gasteiger partial charge in [0.15, 0.2) is 5.70 Å². The first-order valence-electron chi connectivity index (χ1n) is 5.04. The fourth-order valence-corrected chi connectivity index (χ4v) is 2.89. The Bertz CT molecular complexity index is 633. The molecule has 0 spiro atoms. The molecule has 0 aliphatic heterocycles. The molecule has 0 radical (unpaired) electrons. The molecule has 1 heterocycles. The van der Waals surface area contributed by atoms with Crippen molar-refractivity contribution in [2.45, 2.75) is 6.92 Å². The number of fused-ring (bicyclic) bond motifs is 1. The molecule has 0 saturated carbocycles. The van der Waals surface area contributed by atoms with Crippen LogP contribution in [0.1, 0.15) is 10.4 Å². The van der Waals surface area contributed by atoms with Crippen LogP contribution in [0.5, 0.6) is 0 Å². The summed E-state index contributed by atoms with van der Waals surface area (Å²) in [5.74, 6) is 5.26. The molecule has 1 aromatic carbocycles. The number of hydrogen-bond donors (Lipinski definition) is 3. The lowest BCUT2D eigenvalue weighted by Gasteiger charge is -2.03. The third-order valence-electron chi connectivity index (χ3n) is 2.61. The van der Waals surface area contributed by atoms with Crippen LogP contribution in [0.2, 0.25) is 0 Å². The van der Waals surface area contributed by atoms with E-state index in [0.29, 0.717) is 5.70 Å². The molecule has 2 aromatic rings. The molecule has 0 bridgehead atoms. The van der Waals surface area contributed by atoms with Crippen molar-refractivity contribution in [3.63, 3.8) is 0 Å². The molecule has 5 N–H and O–H groups in total. The highest BCUT2D eigenvalue weighted by molar-refractivity contribution is 7.20. The summed E-state index contributed by atoms with van der Waals surface area (Å²) in [6, 6.07) is 9.99. The summed E-state index contributed by atoms with van der Waals surface area (Å²) in [6.45, 7) is 1.99. The molecule has 2 rings (SSSR count). The first-order chi connectivity index (χ1) is 8.19. The molecular formula is C12H12N4S. The molecule has 1 aromatic heterocycles. The third kappa shape index (κ3) is 1.84. The van der Waals surface area contributed by atoms with E-state index in [1.807, 2.05) is 37.3 Å². The van der Waals surface area contributed by atoms with Crippen LogP contribution in [0.15, 0.2) is 30.0 Å². The van der Waals surface area contributed by atoms with Crippen molar-refractivity contribution in [3.05, 3.63) is 40.4 Å². The van der Waals surface area contributed by atoms with Gasteiger partial charge < -0.3 is 11.2 Å². The average Bonchev–Trinajstić information content (AvgIpc) is 2.69. The van der Waals surface area contributed by atoms with Crippen molar-refractivity contribution in [1.29, 1.82) is 5.26 Å². The standard InChI is InChI=1S/C12H12N4S/c1-7-8-4-2-3-5-10(8)17-12(7)11(14)9(6-13)16-15/h2-5,16H,14-15H2,1H3/b11-9-. The van der Waals surface area contributed by atoms with Crippen molar-refractivity contribution in [2.75, 3.05) is 0 Å². The molecule has 0 unspecified atom stereocenters. The predicted molar refractivity (Wildman–Crippen MR) is 70.6 cm³/mol. The Morgan fingerprint density at radius 2 is 2.12 bits per heavy atom. The van der Waals surface area contributed by atoms with Crippen LogP contribution in [0.25, 0.3) is 15.8 Å². The summed E-state index contributed by atoms with van der Waals surface area (Å²) in [5.41, 5.74) is 9.94. The number of nitrogens with two attached hydrogens (primary N) is 2. The monoisotopic (exact) mass is 244 g/mol. The fourth-order valence-electron chi connectivity index (χ4n) is 1.72. The molecule has 0 fully saturated rings. The van der Waals surface area contributed by atoms with Crippen LogP contribution in [0.3, 0.4) is 0 Å². The molecule has 17 heavy (non-hydrogen) atoms. The van der Waals surface area contributed by atoms with Gasteiger partial charge in [0, 0.05) is 4.70 Å². The smallest absolute Gasteiger partial charge is 0.152 e. The van der Waals surface area contributed by atoms with Crippen molar-refractivity contribution in [1.82, 2.24) is 5.43 Å². The minimum absolute atomic E-state index is 0.194. The van der Waals surface area contributed by atoms with E-state index in [0.717, 1.165) is 20.5 Å². The lowest BCUT2D eigenvalue weighted by atomic mass is 10.1. The number of nitriles is 1. The van der Waals surface area contributed by atoms with Crippen LogP contribution >= 0.6 is 11.3 Å². The Hall–Kier alpha value is -2.03. The van der Waals surface area contributed by atoms with Crippen LogP contribution in [-0.4, -0.2) is 0 Å². The number of nitrogens with zero attached hydrogens (tertiary/aromatic N) is 1. The van der Waals surface area contributed by atoms with Crippen molar-refractivity contribution < 1.29 is 0 Å². The maximum absolute atomic E-state index is 8.90. The second kappa shape index (κ2) is 4.45. The summed E-state index contributed by atoms with van der Waals surface area (Å²) >= 11 is 1.56. The molecule has 0 aliphatic rings. The van der Waals surface area contributed by atoms with Gasteiger partial charge in [-0.05, 0) is 23.9 Å². The van der Waals surface area contributed by atoms with E-state index in [-0.39, 0.29) is 5.70 Å². The highest BCUT2D eigenvalue weighted by Crippen LogP contribution is 2.33. The minimum Gasteiger partial charge on any atom is -0.395 e. The van der Waals surface area contributed by atoms with Crippen LogP contribution < -0.4 is 17.0 Å². The fraction of sp³-hybridized carbons (Fsp3) is 0.0833. The van der Waals surface area contributed by atoms with Crippen LogP contribution in [-0.2, 0) is 0 Å². The Kier molecular flexibility index (Phi) is 3.00. The van der Waals surface area contributed by atoms with Crippen LogP contribution in [0, 0.1) is 18.3 Å². The predicted octanol–water partition coefficient (Wildman–Crippen LogP) is 1.82. The summed E-state index contributed by atoms with van der Waals surface area (Å²) in [4.78, 5) is 0.890. The number of hydrogen-bond acceptors (Lipinski definition) is 5. The quantitative estimate of drug-likeness (QED) is 0.427. The Morgan fingerprint density at radius 3 is 2.71 bits per heavy atom. The molecule has 0 aliphatic carbocycles. The number of rotatable bonds is 2. The largest absolute Gasteiger partial charge is 0.395 e. The van der Waals surface area contributed by atoms with Gasteiger partial charge in [0.25, 0.3) is 0 Å². The molecule has 5 heteroatoms. The maximum Gasteiger partial charge on any atom is 0.152 e. The van der Waals surface area contributed by atoms with Crippen molar-refractivity contribution in [2.24, 2.45) is 11.6 Å². The van der Waals surface area contributed by atoms with E-state index < -0.39 is 0 Å². The van der Waals surface area contributed by atoms with Gasteiger partial charge in [-0.1, -0.05) is 18.2 Å². The zero-order valence-electron chi connectivity index (χ0n) is 9.32. The topological polar surface area (TPSA) is 87.9 Å². The zero-order chi connectivity index (χ0) is 12.4. The van der Waals surface area contributed by atoms with Crippen LogP contribution in [0.4, 0.5) is 0 Å².